The van der Waals surface area contributed by atoms with Gasteiger partial charge in [0.25, 0.3) is 0 Å². The van der Waals surface area contributed by atoms with E-state index < -0.39 is 35.9 Å². The van der Waals surface area contributed by atoms with Gasteiger partial charge in [-0.05, 0) is 58.3 Å². The second-order valence-corrected chi connectivity index (χ2v) is 7.58. The second kappa shape index (κ2) is 11.9. The van der Waals surface area contributed by atoms with E-state index in [9.17, 15) is 23.5 Å². The third-order valence-corrected chi connectivity index (χ3v) is 4.96. The Labute approximate surface area is 200 Å². The predicted molar refractivity (Wildman–Crippen MR) is 124 cm³/mol. The summed E-state index contributed by atoms with van der Waals surface area (Å²) < 4.78 is 33.5. The molecule has 35 heavy (non-hydrogen) atoms. The normalized spacial score (nSPS) is 11.9. The van der Waals surface area contributed by atoms with E-state index in [4.69, 9.17) is 4.74 Å². The Morgan fingerprint density at radius 2 is 1.63 bits per heavy atom. The standard InChI is InChI=1S/C25H24F2N4O4/c1-3-35-23(34)15-21(33)14-20(32)12-13-22(25-28-29-30-31(25)2)24(16-4-8-18(26)9-5-16)17-6-10-19(27)11-7-17/h4-13,20,32H,3,14-15H2,1-2H3. The maximum Gasteiger partial charge on any atom is 0.313 e. The predicted octanol–water partition coefficient (Wildman–Crippen LogP) is 3.28. The summed E-state index contributed by atoms with van der Waals surface area (Å²) in [5.74, 6) is -1.69. The summed E-state index contributed by atoms with van der Waals surface area (Å²) in [6.07, 6.45) is 0.958. The Morgan fingerprint density at radius 3 is 2.11 bits per heavy atom. The van der Waals surface area contributed by atoms with E-state index in [2.05, 4.69) is 15.5 Å². The summed E-state index contributed by atoms with van der Waals surface area (Å²) in [4.78, 5) is 23.6. The molecule has 10 heteroatoms. The number of nitrogens with zero attached hydrogens (tertiary/aromatic N) is 4. The summed E-state index contributed by atoms with van der Waals surface area (Å²) in [6, 6.07) is 11.4. The van der Waals surface area contributed by atoms with Crippen molar-refractivity contribution >= 4 is 22.9 Å². The largest absolute Gasteiger partial charge is 0.466 e. The summed E-state index contributed by atoms with van der Waals surface area (Å²) in [5.41, 5.74) is 2.17. The molecule has 3 aromatic rings. The third kappa shape index (κ3) is 6.97. The number of rotatable bonds is 10. The molecule has 0 fully saturated rings. The topological polar surface area (TPSA) is 107 Å². The molecule has 0 aliphatic heterocycles. The van der Waals surface area contributed by atoms with Crippen molar-refractivity contribution in [2.24, 2.45) is 7.05 Å². The van der Waals surface area contributed by atoms with Crippen molar-refractivity contribution in [2.75, 3.05) is 6.61 Å². The van der Waals surface area contributed by atoms with Crippen molar-refractivity contribution in [3.63, 3.8) is 0 Å². The van der Waals surface area contributed by atoms with Crippen LogP contribution in [0, 0.1) is 11.6 Å². The molecular weight excluding hydrogens is 458 g/mol. The molecule has 2 aromatic carbocycles. The third-order valence-electron chi connectivity index (χ3n) is 4.96. The molecule has 1 heterocycles. The average molecular weight is 482 g/mol. The summed E-state index contributed by atoms with van der Waals surface area (Å²) >= 11 is 0. The molecular formula is C25H24F2N4O4. The Hall–Kier alpha value is -4.05. The van der Waals surface area contributed by atoms with Crippen LogP contribution in [0.15, 0.2) is 60.7 Å². The van der Waals surface area contributed by atoms with Crippen LogP contribution < -0.4 is 0 Å². The number of aliphatic hydroxyl groups excluding tert-OH is 1. The molecule has 0 radical (unpaired) electrons. The lowest BCUT2D eigenvalue weighted by atomic mass is 9.91. The van der Waals surface area contributed by atoms with Gasteiger partial charge in [-0.25, -0.2) is 13.5 Å². The van der Waals surface area contributed by atoms with Gasteiger partial charge in [0, 0.05) is 19.0 Å². The van der Waals surface area contributed by atoms with Gasteiger partial charge in [-0.3, -0.25) is 9.59 Å². The van der Waals surface area contributed by atoms with Crippen LogP contribution in [0.25, 0.3) is 11.1 Å². The number of aryl methyl sites for hydroxylation is 1. The number of hydrogen-bond acceptors (Lipinski definition) is 7. The van der Waals surface area contributed by atoms with Crippen LogP contribution in [0.4, 0.5) is 8.78 Å². The molecule has 0 saturated heterocycles. The molecule has 0 aliphatic rings. The molecule has 8 nitrogen and oxygen atoms in total. The first-order chi connectivity index (χ1) is 16.8. The smallest absolute Gasteiger partial charge is 0.313 e. The van der Waals surface area contributed by atoms with Gasteiger partial charge in [0.1, 0.15) is 23.8 Å². The Morgan fingerprint density at radius 1 is 1.06 bits per heavy atom. The number of carbonyl (C=O) groups is 2. The summed E-state index contributed by atoms with van der Waals surface area (Å²) in [5, 5.41) is 22.0. The van der Waals surface area contributed by atoms with Crippen LogP contribution in [0.5, 0.6) is 0 Å². The first-order valence-electron chi connectivity index (χ1n) is 10.8. The van der Waals surface area contributed by atoms with Gasteiger partial charge in [-0.1, -0.05) is 36.4 Å². The molecule has 182 valence electrons. The number of aromatic nitrogens is 4. The molecule has 0 saturated carbocycles. The minimum Gasteiger partial charge on any atom is -0.466 e. The second-order valence-electron chi connectivity index (χ2n) is 7.58. The van der Waals surface area contributed by atoms with Gasteiger partial charge >= 0.3 is 5.97 Å². The molecule has 0 bridgehead atoms. The van der Waals surface area contributed by atoms with E-state index in [1.165, 1.54) is 41.1 Å². The quantitative estimate of drug-likeness (QED) is 0.268. The van der Waals surface area contributed by atoms with Gasteiger partial charge < -0.3 is 9.84 Å². The van der Waals surface area contributed by atoms with Crippen LogP contribution in [-0.4, -0.2) is 49.8 Å². The highest BCUT2D eigenvalue weighted by Gasteiger charge is 2.19. The molecule has 0 spiro atoms. The average Bonchev–Trinajstić information content (AvgIpc) is 3.24. The van der Waals surface area contributed by atoms with E-state index >= 15 is 0 Å². The molecule has 0 aliphatic carbocycles. The number of benzene rings is 2. The molecule has 3 rings (SSSR count). The number of Topliss-reactive ketones (excluding diaryl/α,β-unsaturated/α-hetero) is 1. The first-order valence-corrected chi connectivity index (χ1v) is 10.8. The van der Waals surface area contributed by atoms with Crippen molar-refractivity contribution in [3.8, 4) is 0 Å². The Bertz CT molecular complexity index is 1190. The SMILES string of the molecule is CCOC(=O)CC(=O)CC(O)C=CC(=C(c1ccc(F)cc1)c1ccc(F)cc1)c1nnnn1C. The van der Waals surface area contributed by atoms with Crippen LogP contribution in [0.1, 0.15) is 36.7 Å². The van der Waals surface area contributed by atoms with Crippen LogP contribution >= 0.6 is 0 Å². The van der Waals surface area contributed by atoms with Crippen molar-refractivity contribution in [3.05, 3.63) is 89.3 Å². The van der Waals surface area contributed by atoms with Gasteiger partial charge in [-0.15, -0.1) is 5.10 Å². The summed E-state index contributed by atoms with van der Waals surface area (Å²) in [7, 11) is 1.62. The monoisotopic (exact) mass is 482 g/mol. The lowest BCUT2D eigenvalue weighted by Gasteiger charge is -2.14. The Kier molecular flexibility index (Phi) is 8.69. The Balaban J connectivity index is 2.06. The first kappa shape index (κ1) is 25.6. The van der Waals surface area contributed by atoms with E-state index in [1.54, 1.807) is 38.2 Å². The van der Waals surface area contributed by atoms with Crippen molar-refractivity contribution in [1.82, 2.24) is 20.2 Å². The number of ketones is 1. The molecule has 1 N–H and O–H groups in total. The van der Waals surface area contributed by atoms with E-state index in [0.29, 0.717) is 28.1 Å². The van der Waals surface area contributed by atoms with Crippen LogP contribution in [-0.2, 0) is 21.4 Å². The number of esters is 1. The zero-order chi connectivity index (χ0) is 25.4. The summed E-state index contributed by atoms with van der Waals surface area (Å²) in [6.45, 7) is 1.79. The lowest BCUT2D eigenvalue weighted by Crippen LogP contribution is -2.16. The molecule has 0 amide bonds. The van der Waals surface area contributed by atoms with E-state index in [1.807, 2.05) is 0 Å². The fraction of sp³-hybridized carbons (Fsp3) is 0.240. The van der Waals surface area contributed by atoms with Crippen LogP contribution in [0.2, 0.25) is 0 Å². The fourth-order valence-electron chi connectivity index (χ4n) is 3.39. The number of hydrogen-bond donors (Lipinski definition) is 1. The highest BCUT2D eigenvalue weighted by molar-refractivity contribution is 6.01. The molecule has 1 aromatic heterocycles. The minimum absolute atomic E-state index is 0.157. The van der Waals surface area contributed by atoms with Crippen molar-refractivity contribution < 1.29 is 28.2 Å². The molecule has 1 unspecified atom stereocenters. The van der Waals surface area contributed by atoms with Gasteiger partial charge in [0.2, 0.25) is 0 Å². The van der Waals surface area contributed by atoms with Crippen molar-refractivity contribution in [2.45, 2.75) is 25.9 Å². The maximum absolute atomic E-state index is 13.6. The van der Waals surface area contributed by atoms with Gasteiger partial charge in [-0.2, -0.15) is 0 Å². The number of allylic oxidation sites excluding steroid dienone is 2. The lowest BCUT2D eigenvalue weighted by molar-refractivity contribution is -0.145. The zero-order valence-electron chi connectivity index (χ0n) is 19.2. The highest BCUT2D eigenvalue weighted by Crippen LogP contribution is 2.32. The number of carbonyl (C=O) groups excluding carboxylic acids is 2. The fourth-order valence-corrected chi connectivity index (χ4v) is 3.39. The number of ether oxygens (including phenoxy) is 1. The number of tetrazole rings is 1. The van der Waals surface area contributed by atoms with Crippen LogP contribution in [0.3, 0.4) is 0 Å². The maximum atomic E-state index is 13.6. The number of halogens is 2. The van der Waals surface area contributed by atoms with Gasteiger partial charge in [0.15, 0.2) is 5.82 Å². The van der Waals surface area contributed by atoms with Crippen molar-refractivity contribution in [1.29, 1.82) is 0 Å². The van der Waals surface area contributed by atoms with Gasteiger partial charge in [0.05, 0.1) is 12.7 Å². The van der Waals surface area contributed by atoms with E-state index in [-0.39, 0.29) is 13.0 Å². The zero-order valence-corrected chi connectivity index (χ0v) is 19.2. The molecule has 1 atom stereocenters. The van der Waals surface area contributed by atoms with E-state index in [0.717, 1.165) is 0 Å². The highest BCUT2D eigenvalue weighted by atomic mass is 19.1. The minimum atomic E-state index is -1.21. The number of aliphatic hydroxyl groups is 1.